The molecular weight excluding hydrogens is 498 g/mol. The molecular formula is C21H20F6N6O3. The molecule has 0 bridgehead atoms. The van der Waals surface area contributed by atoms with Crippen LogP contribution in [0, 0.1) is 5.82 Å². The molecule has 2 aromatic heterocycles. The normalized spacial score (nSPS) is 10.9. The average molecular weight is 518 g/mol. The van der Waals surface area contributed by atoms with Crippen LogP contribution in [0.3, 0.4) is 0 Å². The van der Waals surface area contributed by atoms with Crippen molar-refractivity contribution in [2.75, 3.05) is 25.5 Å². The Bertz CT molecular complexity index is 1290. The summed E-state index contributed by atoms with van der Waals surface area (Å²) in [4.78, 5) is 27.1. The second-order valence-electron chi connectivity index (χ2n) is 7.29. The molecule has 9 nitrogen and oxygen atoms in total. The highest BCUT2D eigenvalue weighted by Crippen LogP contribution is 2.26. The van der Waals surface area contributed by atoms with E-state index in [9.17, 15) is 31.1 Å². The molecule has 0 amide bonds. The van der Waals surface area contributed by atoms with Crippen LogP contribution in [0.25, 0.3) is 16.8 Å². The highest BCUT2D eigenvalue weighted by Gasteiger charge is 2.38. The maximum atomic E-state index is 14.8. The van der Waals surface area contributed by atoms with Crippen LogP contribution in [0.4, 0.5) is 32.2 Å². The van der Waals surface area contributed by atoms with Gasteiger partial charge < -0.3 is 15.7 Å². The molecule has 0 spiro atoms. The van der Waals surface area contributed by atoms with Gasteiger partial charge in [-0.2, -0.15) is 27.1 Å². The molecule has 194 valence electrons. The summed E-state index contributed by atoms with van der Waals surface area (Å²) in [5, 5.41) is 13.1. The number of aromatic amines is 1. The SMILES string of the molecule is CN(C)c1ccc(-c2ccc(-n3c(CC(CN)=C(F)F)n[nH]c3=O)cc2F)cn1.O=C(O)C(F)(F)F. The van der Waals surface area contributed by atoms with Gasteiger partial charge in [-0.3, -0.25) is 0 Å². The van der Waals surface area contributed by atoms with E-state index in [-0.39, 0.29) is 30.1 Å². The number of carboxylic acids is 1. The van der Waals surface area contributed by atoms with Gasteiger partial charge in [-0.15, -0.1) is 0 Å². The molecule has 4 N–H and O–H groups in total. The quantitative estimate of drug-likeness (QED) is 0.428. The largest absolute Gasteiger partial charge is 0.490 e. The molecule has 0 aliphatic heterocycles. The molecule has 3 rings (SSSR count). The summed E-state index contributed by atoms with van der Waals surface area (Å²) in [7, 11) is 3.69. The van der Waals surface area contributed by atoms with E-state index in [1.54, 1.807) is 18.3 Å². The number of benzene rings is 1. The fourth-order valence-electron chi connectivity index (χ4n) is 2.81. The van der Waals surface area contributed by atoms with Gasteiger partial charge in [-0.05, 0) is 30.3 Å². The standard InChI is InChI=1S/C19H19F3N6O.C2HF3O2/c1-27(2)16-6-3-11(10-24-16)14-5-4-13(8-15(14)20)28-17(25-26-19(28)29)7-12(9-23)18(21)22;3-2(4,5)1(6)7/h3-6,8,10H,7,9,23H2,1-2H3,(H,26,29);(H,6,7). The van der Waals surface area contributed by atoms with Crippen molar-refractivity contribution in [3.63, 3.8) is 0 Å². The van der Waals surface area contributed by atoms with E-state index in [4.69, 9.17) is 15.6 Å². The Balaban J connectivity index is 0.000000572. The molecule has 0 saturated heterocycles. The van der Waals surface area contributed by atoms with Crippen molar-refractivity contribution >= 4 is 11.8 Å². The number of nitrogens with one attached hydrogen (secondary N) is 1. The van der Waals surface area contributed by atoms with E-state index >= 15 is 0 Å². The number of pyridine rings is 1. The number of nitrogens with zero attached hydrogens (tertiary/aromatic N) is 4. The summed E-state index contributed by atoms with van der Waals surface area (Å²) < 4.78 is 73.4. The van der Waals surface area contributed by atoms with Crippen molar-refractivity contribution in [2.45, 2.75) is 12.6 Å². The smallest absolute Gasteiger partial charge is 0.475 e. The number of rotatable bonds is 6. The van der Waals surface area contributed by atoms with Crippen LogP contribution in [-0.4, -0.2) is 57.6 Å². The second-order valence-corrected chi connectivity index (χ2v) is 7.29. The number of nitrogens with two attached hydrogens (primary N) is 1. The van der Waals surface area contributed by atoms with Crippen LogP contribution >= 0.6 is 0 Å². The molecule has 15 heteroatoms. The lowest BCUT2D eigenvalue weighted by atomic mass is 10.1. The molecule has 0 aliphatic rings. The number of aliphatic carboxylic acids is 1. The number of anilines is 1. The lowest BCUT2D eigenvalue weighted by Gasteiger charge is -2.12. The third-order valence-corrected chi connectivity index (χ3v) is 4.60. The number of hydrogen-bond acceptors (Lipinski definition) is 6. The predicted molar refractivity (Wildman–Crippen MR) is 117 cm³/mol. The van der Waals surface area contributed by atoms with Gasteiger partial charge in [0, 0.05) is 50.0 Å². The van der Waals surface area contributed by atoms with Crippen molar-refractivity contribution in [3.05, 3.63) is 70.3 Å². The van der Waals surface area contributed by atoms with Crippen LogP contribution < -0.4 is 16.3 Å². The maximum absolute atomic E-state index is 14.8. The summed E-state index contributed by atoms with van der Waals surface area (Å²) in [6.07, 6.45) is -5.80. The monoisotopic (exact) mass is 518 g/mol. The zero-order valence-corrected chi connectivity index (χ0v) is 18.8. The second kappa shape index (κ2) is 11.5. The molecule has 0 unspecified atom stereocenters. The van der Waals surface area contributed by atoms with E-state index < -0.39 is 29.7 Å². The molecule has 1 aromatic carbocycles. The van der Waals surface area contributed by atoms with Gasteiger partial charge in [0.1, 0.15) is 17.5 Å². The van der Waals surface area contributed by atoms with Crippen molar-refractivity contribution in [1.82, 2.24) is 19.7 Å². The van der Waals surface area contributed by atoms with Crippen LogP contribution in [0.15, 0.2) is 53.0 Å². The molecule has 0 saturated carbocycles. The minimum absolute atomic E-state index is 0.00685. The van der Waals surface area contributed by atoms with Gasteiger partial charge in [-0.25, -0.2) is 28.6 Å². The zero-order valence-electron chi connectivity index (χ0n) is 18.8. The van der Waals surface area contributed by atoms with Gasteiger partial charge >= 0.3 is 17.8 Å². The first-order valence-corrected chi connectivity index (χ1v) is 9.89. The van der Waals surface area contributed by atoms with E-state index in [0.29, 0.717) is 11.1 Å². The minimum atomic E-state index is -5.08. The molecule has 0 fully saturated rings. The van der Waals surface area contributed by atoms with Gasteiger partial charge in [0.05, 0.1) is 5.69 Å². The number of H-pyrrole nitrogens is 1. The Kier molecular flexibility index (Phi) is 9.00. The average Bonchev–Trinajstić information content (AvgIpc) is 3.16. The lowest BCUT2D eigenvalue weighted by Crippen LogP contribution is -2.21. The summed E-state index contributed by atoms with van der Waals surface area (Å²) in [5.41, 5.74) is 5.32. The van der Waals surface area contributed by atoms with E-state index in [0.717, 1.165) is 16.5 Å². The van der Waals surface area contributed by atoms with E-state index in [2.05, 4.69) is 15.2 Å². The first kappa shape index (κ1) is 28.1. The minimum Gasteiger partial charge on any atom is -0.475 e. The van der Waals surface area contributed by atoms with E-state index in [1.807, 2.05) is 19.0 Å². The van der Waals surface area contributed by atoms with Crippen LogP contribution in [-0.2, 0) is 11.2 Å². The van der Waals surface area contributed by atoms with Crippen LogP contribution in [0.2, 0.25) is 0 Å². The van der Waals surface area contributed by atoms with Crippen molar-refractivity contribution in [2.24, 2.45) is 5.73 Å². The number of aromatic nitrogens is 4. The van der Waals surface area contributed by atoms with E-state index in [1.165, 1.54) is 12.1 Å². The molecule has 2 heterocycles. The highest BCUT2D eigenvalue weighted by molar-refractivity contribution is 5.73. The van der Waals surface area contributed by atoms with Gasteiger partial charge in [-0.1, -0.05) is 0 Å². The summed E-state index contributed by atoms with van der Waals surface area (Å²) in [6.45, 7) is -0.382. The number of alkyl halides is 3. The Hall–Kier alpha value is -4.14. The number of carbonyl (C=O) groups is 1. The fourth-order valence-corrected chi connectivity index (χ4v) is 2.81. The number of hydrogen-bond donors (Lipinski definition) is 3. The summed E-state index contributed by atoms with van der Waals surface area (Å²) in [6, 6.07) is 7.64. The Morgan fingerprint density at radius 3 is 2.28 bits per heavy atom. The molecule has 3 aromatic rings. The first-order chi connectivity index (χ1) is 16.8. The topological polar surface area (TPSA) is 130 Å². The van der Waals surface area contributed by atoms with Gasteiger partial charge in [0.25, 0.3) is 6.08 Å². The third kappa shape index (κ3) is 6.94. The Morgan fingerprint density at radius 2 is 1.83 bits per heavy atom. The third-order valence-electron chi connectivity index (χ3n) is 4.60. The Morgan fingerprint density at radius 1 is 1.19 bits per heavy atom. The number of halogens is 6. The summed E-state index contributed by atoms with van der Waals surface area (Å²) in [5.74, 6) is -2.61. The zero-order chi connectivity index (χ0) is 27.2. The Labute approximate surface area is 199 Å². The first-order valence-electron chi connectivity index (χ1n) is 9.89. The van der Waals surface area contributed by atoms with Crippen molar-refractivity contribution in [1.29, 1.82) is 0 Å². The molecule has 0 radical (unpaired) electrons. The molecule has 0 atom stereocenters. The number of carboxylic acid groups (broad SMARTS) is 1. The fraction of sp³-hybridized carbons (Fsp3) is 0.238. The van der Waals surface area contributed by atoms with Crippen molar-refractivity contribution in [3.8, 4) is 16.8 Å². The lowest BCUT2D eigenvalue weighted by molar-refractivity contribution is -0.192. The van der Waals surface area contributed by atoms with Crippen LogP contribution in [0.5, 0.6) is 0 Å². The maximum Gasteiger partial charge on any atom is 0.490 e. The molecule has 0 aliphatic carbocycles. The summed E-state index contributed by atoms with van der Waals surface area (Å²) >= 11 is 0. The van der Waals surface area contributed by atoms with Gasteiger partial charge in [0.2, 0.25) is 0 Å². The van der Waals surface area contributed by atoms with Crippen LogP contribution in [0.1, 0.15) is 5.82 Å². The molecule has 36 heavy (non-hydrogen) atoms. The van der Waals surface area contributed by atoms with Crippen molar-refractivity contribution < 1.29 is 36.2 Å². The predicted octanol–water partition coefficient (Wildman–Crippen LogP) is 3.11. The highest BCUT2D eigenvalue weighted by atomic mass is 19.4. The van der Waals surface area contributed by atoms with Gasteiger partial charge in [0.15, 0.2) is 0 Å².